The number of para-hydroxylation sites is 1. The molecule has 0 aliphatic heterocycles. The van der Waals surface area contributed by atoms with Crippen molar-refractivity contribution in [3.05, 3.63) is 71.9 Å². The average Bonchev–Trinajstić information content (AvgIpc) is 3.09. The van der Waals surface area contributed by atoms with E-state index in [0.29, 0.717) is 6.42 Å². The summed E-state index contributed by atoms with van der Waals surface area (Å²) in [7, 11) is 0. The zero-order chi connectivity index (χ0) is 21.4. The number of esters is 1. The van der Waals surface area contributed by atoms with Crippen molar-refractivity contribution in [3.63, 3.8) is 0 Å². The number of hydrogen-bond donors (Lipinski definition) is 3. The Bertz CT molecular complexity index is 955. The summed E-state index contributed by atoms with van der Waals surface area (Å²) in [6.45, 7) is 0.251. The average molecular weight is 408 g/mol. The molecule has 3 rings (SSSR count). The lowest BCUT2D eigenvalue weighted by Gasteiger charge is -2.11. The number of nitrogens with one attached hydrogen (secondary N) is 1. The van der Waals surface area contributed by atoms with E-state index < -0.39 is 18.2 Å². The van der Waals surface area contributed by atoms with E-state index in [1.165, 1.54) is 0 Å². The summed E-state index contributed by atoms with van der Waals surface area (Å²) in [4.78, 5) is 24.1. The molecule has 0 aliphatic rings. The number of benzene rings is 2. The molecular formula is C20H19F3N2O4. The Hall–Kier alpha value is -3.33. The smallest absolute Gasteiger partial charge is 0.475 e. The number of aromatic nitrogens is 1. The van der Waals surface area contributed by atoms with Gasteiger partial charge in [0.15, 0.2) is 0 Å². The predicted molar refractivity (Wildman–Crippen MR) is 99.9 cm³/mol. The third-order valence-corrected chi connectivity index (χ3v) is 3.88. The number of carboxylic acid groups (broad SMARTS) is 1. The van der Waals surface area contributed by atoms with E-state index in [1.54, 1.807) is 0 Å². The van der Waals surface area contributed by atoms with Crippen LogP contribution in [0.1, 0.15) is 11.1 Å². The Kier molecular flexibility index (Phi) is 7.38. The highest BCUT2D eigenvalue weighted by atomic mass is 19.4. The van der Waals surface area contributed by atoms with Gasteiger partial charge in [-0.3, -0.25) is 4.79 Å². The molecule has 1 heterocycles. The van der Waals surface area contributed by atoms with Gasteiger partial charge in [-0.05, 0) is 17.2 Å². The molecular weight excluding hydrogens is 389 g/mol. The first kappa shape index (κ1) is 22.0. The van der Waals surface area contributed by atoms with Crippen molar-refractivity contribution >= 4 is 22.8 Å². The molecule has 0 saturated carbocycles. The Morgan fingerprint density at radius 1 is 1.07 bits per heavy atom. The highest BCUT2D eigenvalue weighted by molar-refractivity contribution is 5.84. The lowest BCUT2D eigenvalue weighted by Crippen LogP contribution is -2.34. The normalized spacial score (nSPS) is 12.0. The van der Waals surface area contributed by atoms with Crippen molar-refractivity contribution in [3.8, 4) is 0 Å². The first-order chi connectivity index (χ1) is 13.7. The molecule has 0 aliphatic carbocycles. The first-order valence-electron chi connectivity index (χ1n) is 8.49. The van der Waals surface area contributed by atoms with Crippen molar-refractivity contribution in [2.45, 2.75) is 25.2 Å². The summed E-state index contributed by atoms with van der Waals surface area (Å²) < 4.78 is 37.0. The maximum Gasteiger partial charge on any atom is 0.490 e. The van der Waals surface area contributed by atoms with Crippen LogP contribution in [0, 0.1) is 0 Å². The quantitative estimate of drug-likeness (QED) is 0.561. The third-order valence-electron chi connectivity index (χ3n) is 3.88. The maximum atomic E-state index is 12.0. The number of ether oxygens (including phenoxy) is 1. The van der Waals surface area contributed by atoms with E-state index in [0.717, 1.165) is 22.0 Å². The topological polar surface area (TPSA) is 105 Å². The minimum absolute atomic E-state index is 0.251. The van der Waals surface area contributed by atoms with Gasteiger partial charge in [0.2, 0.25) is 0 Å². The van der Waals surface area contributed by atoms with Crippen LogP contribution in [0.4, 0.5) is 13.2 Å². The van der Waals surface area contributed by atoms with Crippen LogP contribution in [-0.4, -0.2) is 34.2 Å². The maximum absolute atomic E-state index is 12.0. The van der Waals surface area contributed by atoms with Gasteiger partial charge in [0.05, 0.1) is 0 Å². The highest BCUT2D eigenvalue weighted by Gasteiger charge is 2.38. The number of H-pyrrole nitrogens is 1. The SMILES string of the molecule is N[C@@H](Cc1c[nH]c2ccccc12)C(=O)OCc1ccccc1.O=C(O)C(F)(F)F. The molecule has 6 nitrogen and oxygen atoms in total. The van der Waals surface area contributed by atoms with Gasteiger partial charge in [-0.25, -0.2) is 4.79 Å². The molecule has 0 bridgehead atoms. The van der Waals surface area contributed by atoms with Gasteiger partial charge in [-0.2, -0.15) is 13.2 Å². The van der Waals surface area contributed by atoms with Crippen LogP contribution >= 0.6 is 0 Å². The second-order valence-electron chi connectivity index (χ2n) is 6.07. The van der Waals surface area contributed by atoms with Gasteiger partial charge in [-0.15, -0.1) is 0 Å². The third kappa shape index (κ3) is 6.65. The molecule has 0 spiro atoms. The molecule has 2 aromatic carbocycles. The summed E-state index contributed by atoms with van der Waals surface area (Å²) >= 11 is 0. The number of halogens is 3. The number of rotatable bonds is 5. The molecule has 0 unspecified atom stereocenters. The number of nitrogens with two attached hydrogens (primary N) is 1. The van der Waals surface area contributed by atoms with Gasteiger partial charge in [0, 0.05) is 23.5 Å². The monoisotopic (exact) mass is 408 g/mol. The van der Waals surface area contributed by atoms with Crippen LogP contribution in [0.5, 0.6) is 0 Å². The zero-order valence-electron chi connectivity index (χ0n) is 15.1. The molecule has 3 aromatic rings. The Morgan fingerprint density at radius 2 is 1.66 bits per heavy atom. The van der Waals surface area contributed by atoms with Gasteiger partial charge >= 0.3 is 18.1 Å². The molecule has 29 heavy (non-hydrogen) atoms. The van der Waals surface area contributed by atoms with Crippen LogP contribution in [0.2, 0.25) is 0 Å². The Labute approximate surface area is 164 Å². The first-order valence-corrected chi connectivity index (χ1v) is 8.49. The summed E-state index contributed by atoms with van der Waals surface area (Å²) in [6, 6.07) is 16.9. The van der Waals surface area contributed by atoms with Gasteiger partial charge in [0.1, 0.15) is 12.6 Å². The Balaban J connectivity index is 0.000000370. The minimum Gasteiger partial charge on any atom is -0.475 e. The van der Waals surface area contributed by atoms with E-state index in [4.69, 9.17) is 20.4 Å². The number of fused-ring (bicyclic) bond motifs is 1. The number of carbonyl (C=O) groups is 2. The van der Waals surface area contributed by atoms with Crippen molar-refractivity contribution in [2.24, 2.45) is 5.73 Å². The largest absolute Gasteiger partial charge is 0.490 e. The lowest BCUT2D eigenvalue weighted by molar-refractivity contribution is -0.192. The molecule has 4 N–H and O–H groups in total. The molecule has 154 valence electrons. The number of aliphatic carboxylic acids is 1. The second kappa shape index (κ2) is 9.74. The molecule has 0 fully saturated rings. The Morgan fingerprint density at radius 3 is 2.28 bits per heavy atom. The lowest BCUT2D eigenvalue weighted by atomic mass is 10.1. The fourth-order valence-electron chi connectivity index (χ4n) is 2.46. The molecule has 0 saturated heterocycles. The zero-order valence-corrected chi connectivity index (χ0v) is 15.1. The van der Waals surface area contributed by atoms with Crippen LogP contribution in [0.3, 0.4) is 0 Å². The standard InChI is InChI=1S/C18H18N2O2.C2HF3O2/c19-16(18(21)22-12-13-6-2-1-3-7-13)10-14-11-20-17-9-5-4-8-15(14)17;3-2(4,5)1(6)7/h1-9,11,16,20H,10,12,19H2;(H,6,7)/t16-;/m0./s1. The minimum atomic E-state index is -5.08. The van der Waals surface area contributed by atoms with Crippen LogP contribution < -0.4 is 5.73 Å². The molecule has 0 radical (unpaired) electrons. The predicted octanol–water partition coefficient (Wildman–Crippen LogP) is 3.41. The number of alkyl halides is 3. The van der Waals surface area contributed by atoms with Crippen molar-refractivity contribution in [1.82, 2.24) is 4.98 Å². The van der Waals surface area contributed by atoms with Gasteiger partial charge < -0.3 is 20.6 Å². The molecule has 9 heteroatoms. The summed E-state index contributed by atoms with van der Waals surface area (Å²) in [5, 5.41) is 8.22. The highest BCUT2D eigenvalue weighted by Crippen LogP contribution is 2.19. The molecule has 1 atom stereocenters. The van der Waals surface area contributed by atoms with Crippen molar-refractivity contribution in [1.29, 1.82) is 0 Å². The van der Waals surface area contributed by atoms with E-state index in [9.17, 15) is 18.0 Å². The summed E-state index contributed by atoms with van der Waals surface area (Å²) in [5.41, 5.74) is 9.00. The fraction of sp³-hybridized carbons (Fsp3) is 0.200. The number of carbonyl (C=O) groups excluding carboxylic acids is 1. The molecule has 1 aromatic heterocycles. The van der Waals surface area contributed by atoms with Gasteiger partial charge in [0.25, 0.3) is 0 Å². The van der Waals surface area contributed by atoms with E-state index in [-0.39, 0.29) is 12.6 Å². The van der Waals surface area contributed by atoms with E-state index in [2.05, 4.69) is 4.98 Å². The van der Waals surface area contributed by atoms with Crippen LogP contribution in [0.15, 0.2) is 60.8 Å². The van der Waals surface area contributed by atoms with E-state index in [1.807, 2.05) is 60.8 Å². The van der Waals surface area contributed by atoms with Crippen molar-refractivity contribution in [2.75, 3.05) is 0 Å². The van der Waals surface area contributed by atoms with Crippen molar-refractivity contribution < 1.29 is 32.6 Å². The van der Waals surface area contributed by atoms with Gasteiger partial charge in [-0.1, -0.05) is 48.5 Å². The number of carboxylic acids is 1. The van der Waals surface area contributed by atoms with E-state index >= 15 is 0 Å². The summed E-state index contributed by atoms with van der Waals surface area (Å²) in [6.07, 6.45) is -2.73. The number of aromatic amines is 1. The van der Waals surface area contributed by atoms with Crippen LogP contribution in [0.25, 0.3) is 10.9 Å². The fourth-order valence-corrected chi connectivity index (χ4v) is 2.46. The second-order valence-corrected chi connectivity index (χ2v) is 6.07. The van der Waals surface area contributed by atoms with Crippen LogP contribution in [-0.2, 0) is 27.4 Å². The molecule has 0 amide bonds. The number of hydrogen-bond acceptors (Lipinski definition) is 4. The summed E-state index contributed by atoms with van der Waals surface area (Å²) in [5.74, 6) is -3.14.